The van der Waals surface area contributed by atoms with Gasteiger partial charge in [-0.15, -0.1) is 0 Å². The van der Waals surface area contributed by atoms with Gasteiger partial charge in [0.15, 0.2) is 0 Å². The van der Waals surface area contributed by atoms with Crippen molar-refractivity contribution in [3.05, 3.63) is 0 Å². The molecular weight excluding hydrogens is 174 g/mol. The Morgan fingerprint density at radius 3 is 3.00 bits per heavy atom. The van der Waals surface area contributed by atoms with Crippen molar-refractivity contribution in [3.8, 4) is 0 Å². The maximum Gasteiger partial charge on any atom is 0.223 e. The van der Waals surface area contributed by atoms with E-state index in [1.165, 1.54) is 0 Å². The van der Waals surface area contributed by atoms with E-state index in [2.05, 4.69) is 12.6 Å². The fourth-order valence-electron chi connectivity index (χ4n) is 1.59. The molecule has 1 aliphatic rings. The molecule has 1 unspecified atom stereocenters. The minimum Gasteiger partial charge on any atom is -0.394 e. The molecule has 0 saturated carbocycles. The number of aliphatic hydroxyl groups is 1. The molecular formula is C8H15NO2S. The number of thiol groups is 1. The highest BCUT2D eigenvalue weighted by Crippen LogP contribution is 2.17. The third-order valence-corrected chi connectivity index (χ3v) is 2.46. The molecule has 0 bridgehead atoms. The Bertz CT molecular complexity index is 163. The molecule has 4 heteroatoms. The molecule has 1 N–H and O–H groups in total. The Morgan fingerprint density at radius 1 is 1.67 bits per heavy atom. The second-order valence-electron chi connectivity index (χ2n) is 3.04. The van der Waals surface area contributed by atoms with Gasteiger partial charge >= 0.3 is 0 Å². The van der Waals surface area contributed by atoms with Gasteiger partial charge < -0.3 is 10.0 Å². The van der Waals surface area contributed by atoms with Crippen molar-refractivity contribution >= 4 is 18.5 Å². The van der Waals surface area contributed by atoms with Gasteiger partial charge in [0.1, 0.15) is 0 Å². The molecule has 12 heavy (non-hydrogen) atoms. The molecule has 70 valence electrons. The molecule has 1 fully saturated rings. The predicted molar refractivity (Wildman–Crippen MR) is 50.3 cm³/mol. The summed E-state index contributed by atoms with van der Waals surface area (Å²) in [4.78, 5) is 13.2. The Hall–Kier alpha value is -0.220. The Labute approximate surface area is 78.2 Å². The van der Waals surface area contributed by atoms with E-state index in [1.54, 1.807) is 4.90 Å². The molecule has 1 saturated heterocycles. The second kappa shape index (κ2) is 4.72. The molecule has 0 radical (unpaired) electrons. The van der Waals surface area contributed by atoms with Crippen LogP contribution in [-0.4, -0.2) is 40.9 Å². The quantitative estimate of drug-likeness (QED) is 0.626. The fraction of sp³-hybridized carbons (Fsp3) is 0.875. The van der Waals surface area contributed by atoms with Crippen LogP contribution < -0.4 is 0 Å². The van der Waals surface area contributed by atoms with Crippen LogP contribution in [0, 0.1) is 0 Å². The van der Waals surface area contributed by atoms with Gasteiger partial charge in [-0.05, 0) is 18.6 Å². The highest BCUT2D eigenvalue weighted by Gasteiger charge is 2.26. The molecule has 1 aliphatic heterocycles. The average Bonchev–Trinajstić information content (AvgIpc) is 2.51. The summed E-state index contributed by atoms with van der Waals surface area (Å²) >= 11 is 4.00. The molecule has 0 aromatic rings. The summed E-state index contributed by atoms with van der Waals surface area (Å²) in [6, 6.07) is 0.0670. The van der Waals surface area contributed by atoms with E-state index in [0.29, 0.717) is 12.2 Å². The summed E-state index contributed by atoms with van der Waals surface area (Å²) < 4.78 is 0. The monoisotopic (exact) mass is 189 g/mol. The Morgan fingerprint density at radius 2 is 2.42 bits per heavy atom. The lowest BCUT2D eigenvalue weighted by Gasteiger charge is -2.22. The number of nitrogens with zero attached hydrogens (tertiary/aromatic N) is 1. The molecule has 0 aliphatic carbocycles. The van der Waals surface area contributed by atoms with Crippen molar-refractivity contribution < 1.29 is 9.90 Å². The van der Waals surface area contributed by atoms with E-state index in [9.17, 15) is 4.79 Å². The number of hydrogen-bond acceptors (Lipinski definition) is 3. The van der Waals surface area contributed by atoms with Gasteiger partial charge in [-0.2, -0.15) is 12.6 Å². The number of amides is 1. The van der Waals surface area contributed by atoms with Gasteiger partial charge in [-0.3, -0.25) is 4.79 Å². The fourth-order valence-corrected chi connectivity index (χ4v) is 1.78. The zero-order valence-electron chi connectivity index (χ0n) is 7.07. The van der Waals surface area contributed by atoms with Crippen molar-refractivity contribution in [3.63, 3.8) is 0 Å². The lowest BCUT2D eigenvalue weighted by Crippen LogP contribution is -2.37. The second-order valence-corrected chi connectivity index (χ2v) is 3.49. The summed E-state index contributed by atoms with van der Waals surface area (Å²) in [7, 11) is 0. The van der Waals surface area contributed by atoms with E-state index < -0.39 is 0 Å². The van der Waals surface area contributed by atoms with Crippen molar-refractivity contribution in [1.82, 2.24) is 4.90 Å². The lowest BCUT2D eigenvalue weighted by molar-refractivity contribution is -0.132. The number of likely N-dealkylation sites (tertiary alicyclic amines) is 1. The average molecular weight is 189 g/mol. The number of rotatable bonds is 3. The highest BCUT2D eigenvalue weighted by molar-refractivity contribution is 7.80. The van der Waals surface area contributed by atoms with Crippen LogP contribution in [0.1, 0.15) is 19.3 Å². The van der Waals surface area contributed by atoms with E-state index in [-0.39, 0.29) is 18.6 Å². The topological polar surface area (TPSA) is 40.5 Å². The largest absolute Gasteiger partial charge is 0.394 e. The van der Waals surface area contributed by atoms with Gasteiger partial charge in [0.25, 0.3) is 0 Å². The maximum absolute atomic E-state index is 11.4. The molecule has 3 nitrogen and oxygen atoms in total. The standard InChI is InChI=1S/C8H15NO2S/c10-6-7-2-1-4-9(7)8(11)3-5-12/h7,10,12H,1-6H2. The summed E-state index contributed by atoms with van der Waals surface area (Å²) in [5, 5.41) is 8.94. The van der Waals surface area contributed by atoms with E-state index in [4.69, 9.17) is 5.11 Å². The smallest absolute Gasteiger partial charge is 0.223 e. The molecule has 1 amide bonds. The first kappa shape index (κ1) is 9.86. The molecule has 1 rings (SSSR count). The number of hydrogen-bond donors (Lipinski definition) is 2. The Balaban J connectivity index is 2.43. The van der Waals surface area contributed by atoms with E-state index in [0.717, 1.165) is 19.4 Å². The van der Waals surface area contributed by atoms with Gasteiger partial charge in [-0.25, -0.2) is 0 Å². The first-order chi connectivity index (χ1) is 5.79. The predicted octanol–water partition coefficient (Wildman–Crippen LogP) is 0.290. The molecule has 1 atom stereocenters. The lowest BCUT2D eigenvalue weighted by atomic mass is 10.2. The first-order valence-electron chi connectivity index (χ1n) is 4.30. The molecule has 1 heterocycles. The Kier molecular flexibility index (Phi) is 3.88. The molecule has 0 spiro atoms. The zero-order valence-corrected chi connectivity index (χ0v) is 7.96. The zero-order chi connectivity index (χ0) is 8.97. The van der Waals surface area contributed by atoms with Crippen LogP contribution in [-0.2, 0) is 4.79 Å². The van der Waals surface area contributed by atoms with Crippen LogP contribution in [0.25, 0.3) is 0 Å². The highest BCUT2D eigenvalue weighted by atomic mass is 32.1. The van der Waals surface area contributed by atoms with Crippen LogP contribution in [0.3, 0.4) is 0 Å². The number of carbonyl (C=O) groups excluding carboxylic acids is 1. The minimum absolute atomic E-state index is 0.0670. The SMILES string of the molecule is O=C(CCS)N1CCCC1CO. The van der Waals surface area contributed by atoms with Crippen LogP contribution in [0.2, 0.25) is 0 Å². The van der Waals surface area contributed by atoms with Crippen LogP contribution in [0.15, 0.2) is 0 Å². The van der Waals surface area contributed by atoms with Crippen molar-refractivity contribution in [2.75, 3.05) is 18.9 Å². The molecule has 0 aromatic carbocycles. The van der Waals surface area contributed by atoms with E-state index >= 15 is 0 Å². The van der Waals surface area contributed by atoms with Crippen molar-refractivity contribution in [1.29, 1.82) is 0 Å². The third kappa shape index (κ3) is 2.14. The van der Waals surface area contributed by atoms with Gasteiger partial charge in [-0.1, -0.05) is 0 Å². The van der Waals surface area contributed by atoms with Gasteiger partial charge in [0.05, 0.1) is 12.6 Å². The van der Waals surface area contributed by atoms with E-state index in [1.807, 2.05) is 0 Å². The summed E-state index contributed by atoms with van der Waals surface area (Å²) in [5.74, 6) is 0.717. The summed E-state index contributed by atoms with van der Waals surface area (Å²) in [5.41, 5.74) is 0. The summed E-state index contributed by atoms with van der Waals surface area (Å²) in [6.07, 6.45) is 2.44. The van der Waals surface area contributed by atoms with Crippen LogP contribution >= 0.6 is 12.6 Å². The minimum atomic E-state index is 0.0670. The normalized spacial score (nSPS) is 23.2. The van der Waals surface area contributed by atoms with Crippen molar-refractivity contribution in [2.24, 2.45) is 0 Å². The van der Waals surface area contributed by atoms with Crippen molar-refractivity contribution in [2.45, 2.75) is 25.3 Å². The van der Waals surface area contributed by atoms with Gasteiger partial charge in [0.2, 0.25) is 5.91 Å². The summed E-state index contributed by atoms with van der Waals surface area (Å²) in [6.45, 7) is 0.899. The third-order valence-electron chi connectivity index (χ3n) is 2.23. The van der Waals surface area contributed by atoms with Gasteiger partial charge in [0, 0.05) is 13.0 Å². The number of aliphatic hydroxyl groups excluding tert-OH is 1. The first-order valence-corrected chi connectivity index (χ1v) is 4.94. The maximum atomic E-state index is 11.4. The molecule has 0 aromatic heterocycles. The van der Waals surface area contributed by atoms with Crippen LogP contribution in [0.5, 0.6) is 0 Å². The number of carbonyl (C=O) groups is 1. The van der Waals surface area contributed by atoms with Crippen LogP contribution in [0.4, 0.5) is 0 Å².